The van der Waals surface area contributed by atoms with Crippen molar-refractivity contribution in [2.24, 2.45) is 0 Å². The summed E-state index contributed by atoms with van der Waals surface area (Å²) in [5, 5.41) is 4.21. The highest BCUT2D eigenvalue weighted by molar-refractivity contribution is 5.96. The second kappa shape index (κ2) is 9.74. The molecule has 1 saturated heterocycles. The lowest BCUT2D eigenvalue weighted by Crippen LogP contribution is -2.18. The maximum Gasteiger partial charge on any atom is 0.247 e. The monoisotopic (exact) mass is 498 g/mol. The van der Waals surface area contributed by atoms with E-state index < -0.39 is 0 Å². The number of ether oxygens (including phenoxy) is 2. The van der Waals surface area contributed by atoms with Crippen molar-refractivity contribution in [3.63, 3.8) is 0 Å². The normalized spacial score (nSPS) is 15.9. The van der Waals surface area contributed by atoms with E-state index in [-0.39, 0.29) is 18.1 Å². The predicted octanol–water partition coefficient (Wildman–Crippen LogP) is 6.41. The number of aromatic nitrogens is 5. The Morgan fingerprint density at radius 2 is 2.00 bits per heavy atom. The highest BCUT2D eigenvalue weighted by Crippen LogP contribution is 2.33. The van der Waals surface area contributed by atoms with Gasteiger partial charge >= 0.3 is 0 Å². The van der Waals surface area contributed by atoms with E-state index in [1.54, 1.807) is 18.6 Å². The number of benzene rings is 2. The molecule has 1 atom stereocenters. The Bertz CT molecular complexity index is 1580. The molecule has 3 aromatic heterocycles. The lowest BCUT2D eigenvalue weighted by Gasteiger charge is -2.24. The molecular formula is C28H27FN6O2. The van der Waals surface area contributed by atoms with Crippen molar-refractivity contribution in [3.05, 3.63) is 66.9 Å². The average Bonchev–Trinajstić information content (AvgIpc) is 3.33. The molecule has 4 heterocycles. The van der Waals surface area contributed by atoms with Gasteiger partial charge in [0, 0.05) is 23.9 Å². The minimum Gasteiger partial charge on any atom is -0.473 e. The molecule has 6 rings (SSSR count). The topological polar surface area (TPSA) is 87.0 Å². The van der Waals surface area contributed by atoms with Gasteiger partial charge in [0.2, 0.25) is 11.8 Å². The quantitative estimate of drug-likeness (QED) is 0.289. The molecule has 1 aliphatic rings. The van der Waals surface area contributed by atoms with Crippen LogP contribution in [0.5, 0.6) is 5.88 Å². The molecule has 1 unspecified atom stereocenters. The van der Waals surface area contributed by atoms with Crippen molar-refractivity contribution in [2.45, 2.75) is 45.4 Å². The molecule has 0 radical (unpaired) electrons. The SMILES string of the molecule is CC(C)Oc1nc(Nc2ccc3nccc(-c4cccc(F)c4)c3c2)nc2c1ncn2C1CCCCO1. The predicted molar refractivity (Wildman–Crippen MR) is 140 cm³/mol. The second-order valence-electron chi connectivity index (χ2n) is 9.39. The number of hydrogen-bond acceptors (Lipinski definition) is 7. The van der Waals surface area contributed by atoms with Crippen LogP contribution in [0.1, 0.15) is 39.3 Å². The van der Waals surface area contributed by atoms with Crippen LogP contribution in [0.25, 0.3) is 33.2 Å². The van der Waals surface area contributed by atoms with Crippen LogP contribution in [0.15, 0.2) is 61.1 Å². The summed E-state index contributed by atoms with van der Waals surface area (Å²) in [6, 6.07) is 14.3. The number of imidazole rings is 1. The molecule has 0 bridgehead atoms. The number of fused-ring (bicyclic) bond motifs is 2. The fourth-order valence-corrected chi connectivity index (χ4v) is 4.67. The molecular weight excluding hydrogens is 471 g/mol. The number of pyridine rings is 1. The number of nitrogens with one attached hydrogen (secondary N) is 1. The van der Waals surface area contributed by atoms with Crippen molar-refractivity contribution in [1.82, 2.24) is 24.5 Å². The van der Waals surface area contributed by atoms with Gasteiger partial charge in [0.05, 0.1) is 17.9 Å². The Labute approximate surface area is 213 Å². The van der Waals surface area contributed by atoms with Crippen LogP contribution >= 0.6 is 0 Å². The molecule has 0 saturated carbocycles. The van der Waals surface area contributed by atoms with Crippen molar-refractivity contribution in [2.75, 3.05) is 11.9 Å². The van der Waals surface area contributed by atoms with Crippen LogP contribution in [0.2, 0.25) is 0 Å². The van der Waals surface area contributed by atoms with Gasteiger partial charge in [0.15, 0.2) is 11.2 Å². The molecule has 188 valence electrons. The summed E-state index contributed by atoms with van der Waals surface area (Å²) in [6.07, 6.45) is 6.33. The average molecular weight is 499 g/mol. The van der Waals surface area contributed by atoms with E-state index in [0.717, 1.165) is 47.0 Å². The summed E-state index contributed by atoms with van der Waals surface area (Å²) in [6.45, 7) is 4.62. The molecule has 37 heavy (non-hydrogen) atoms. The summed E-state index contributed by atoms with van der Waals surface area (Å²) >= 11 is 0. The van der Waals surface area contributed by atoms with Gasteiger partial charge in [-0.15, -0.1) is 0 Å². The summed E-state index contributed by atoms with van der Waals surface area (Å²) in [5.41, 5.74) is 4.51. The van der Waals surface area contributed by atoms with E-state index in [9.17, 15) is 4.39 Å². The van der Waals surface area contributed by atoms with Crippen LogP contribution in [0, 0.1) is 5.82 Å². The van der Waals surface area contributed by atoms with Crippen molar-refractivity contribution in [1.29, 1.82) is 0 Å². The van der Waals surface area contributed by atoms with Gasteiger partial charge in [-0.3, -0.25) is 9.55 Å². The largest absolute Gasteiger partial charge is 0.473 e. The van der Waals surface area contributed by atoms with E-state index in [0.29, 0.717) is 29.6 Å². The molecule has 0 spiro atoms. The third-order valence-corrected chi connectivity index (χ3v) is 6.34. The Morgan fingerprint density at radius 3 is 2.81 bits per heavy atom. The minimum absolute atomic E-state index is 0.0809. The fourth-order valence-electron chi connectivity index (χ4n) is 4.67. The highest BCUT2D eigenvalue weighted by Gasteiger charge is 2.22. The zero-order valence-corrected chi connectivity index (χ0v) is 20.7. The molecule has 8 nitrogen and oxygen atoms in total. The van der Waals surface area contributed by atoms with Crippen LogP contribution < -0.4 is 10.1 Å². The van der Waals surface area contributed by atoms with Gasteiger partial charge in [0.1, 0.15) is 12.0 Å². The molecule has 0 amide bonds. The number of rotatable bonds is 6. The molecule has 1 fully saturated rings. The zero-order valence-electron chi connectivity index (χ0n) is 20.7. The fraction of sp³-hybridized carbons (Fsp3) is 0.286. The van der Waals surface area contributed by atoms with Crippen molar-refractivity contribution in [3.8, 4) is 17.0 Å². The van der Waals surface area contributed by atoms with E-state index >= 15 is 0 Å². The molecule has 9 heteroatoms. The maximum atomic E-state index is 13.9. The maximum absolute atomic E-state index is 13.9. The molecule has 5 aromatic rings. The Morgan fingerprint density at radius 1 is 1.08 bits per heavy atom. The number of hydrogen-bond donors (Lipinski definition) is 1. The number of nitrogens with zero attached hydrogens (tertiary/aromatic N) is 5. The summed E-state index contributed by atoms with van der Waals surface area (Å²) < 4.78 is 27.9. The first-order valence-electron chi connectivity index (χ1n) is 12.5. The summed E-state index contributed by atoms with van der Waals surface area (Å²) in [4.78, 5) is 18.5. The molecule has 2 aromatic carbocycles. The molecule has 1 N–H and O–H groups in total. The Balaban J connectivity index is 1.41. The van der Waals surface area contributed by atoms with Gasteiger partial charge in [-0.25, -0.2) is 9.37 Å². The Hall–Kier alpha value is -4.11. The Kier molecular flexibility index (Phi) is 6.13. The van der Waals surface area contributed by atoms with Crippen LogP contribution in [-0.2, 0) is 4.74 Å². The summed E-state index contributed by atoms with van der Waals surface area (Å²) in [7, 11) is 0. The molecule has 0 aliphatic carbocycles. The third kappa shape index (κ3) is 4.70. The van der Waals surface area contributed by atoms with Crippen molar-refractivity contribution >= 4 is 33.7 Å². The van der Waals surface area contributed by atoms with Gasteiger partial charge in [-0.1, -0.05) is 12.1 Å². The molecule has 1 aliphatic heterocycles. The summed E-state index contributed by atoms with van der Waals surface area (Å²) in [5.74, 6) is 0.519. The van der Waals surface area contributed by atoms with E-state index in [2.05, 4.69) is 20.3 Å². The smallest absolute Gasteiger partial charge is 0.247 e. The van der Waals surface area contributed by atoms with Gasteiger partial charge < -0.3 is 14.8 Å². The lowest BCUT2D eigenvalue weighted by molar-refractivity contribution is -0.0298. The second-order valence-corrected chi connectivity index (χ2v) is 9.39. The van der Waals surface area contributed by atoms with Crippen LogP contribution in [0.4, 0.5) is 16.0 Å². The van der Waals surface area contributed by atoms with E-state index in [1.807, 2.05) is 48.7 Å². The van der Waals surface area contributed by atoms with E-state index in [4.69, 9.17) is 14.5 Å². The number of halogens is 1. The van der Waals surface area contributed by atoms with Gasteiger partial charge in [-0.2, -0.15) is 9.97 Å². The van der Waals surface area contributed by atoms with Crippen LogP contribution in [0.3, 0.4) is 0 Å². The lowest BCUT2D eigenvalue weighted by atomic mass is 10.0. The zero-order chi connectivity index (χ0) is 25.4. The first kappa shape index (κ1) is 23.3. The van der Waals surface area contributed by atoms with Crippen LogP contribution in [-0.4, -0.2) is 37.2 Å². The van der Waals surface area contributed by atoms with E-state index in [1.165, 1.54) is 12.1 Å². The van der Waals surface area contributed by atoms with Gasteiger partial charge in [0.25, 0.3) is 0 Å². The minimum atomic E-state index is -0.283. The highest BCUT2D eigenvalue weighted by atomic mass is 19.1. The first-order chi connectivity index (χ1) is 18.0. The van der Waals surface area contributed by atoms with Crippen molar-refractivity contribution < 1.29 is 13.9 Å². The standard InChI is InChI=1S/C28H27FN6O2/c1-17(2)37-27-25-26(35(16-31-25)24-8-3-4-13-36-24)33-28(34-27)32-20-9-10-23-22(15-20)21(11-12-30-23)18-6-5-7-19(29)14-18/h5-7,9-12,14-17,24H,3-4,8,13H2,1-2H3,(H,32,33,34). The van der Waals surface area contributed by atoms with Gasteiger partial charge in [-0.05, 0) is 80.6 Å². The third-order valence-electron chi connectivity index (χ3n) is 6.34. The first-order valence-corrected chi connectivity index (χ1v) is 12.5. The number of anilines is 2.